The number of ether oxygens (including phenoxy) is 1. The van der Waals surface area contributed by atoms with Gasteiger partial charge in [-0.15, -0.1) is 0 Å². The van der Waals surface area contributed by atoms with Crippen molar-refractivity contribution in [2.75, 3.05) is 6.61 Å². The summed E-state index contributed by atoms with van der Waals surface area (Å²) in [5, 5.41) is 2.21. The summed E-state index contributed by atoms with van der Waals surface area (Å²) in [5.74, 6) is -0.339. The van der Waals surface area contributed by atoms with E-state index in [0.717, 1.165) is 38.5 Å². The lowest BCUT2D eigenvalue weighted by Crippen LogP contribution is -2.01. The maximum atomic E-state index is 12.2. The van der Waals surface area contributed by atoms with Crippen molar-refractivity contribution in [2.24, 2.45) is 0 Å². The number of rotatable bonds is 4. The van der Waals surface area contributed by atoms with Crippen LogP contribution in [0, 0.1) is 0 Å². The van der Waals surface area contributed by atoms with Crippen LogP contribution in [-0.2, 0) is 9.53 Å². The fraction of sp³-hybridized carbons (Fsp3) is 0.0952. The Morgan fingerprint density at radius 2 is 1.96 bits per heavy atom. The van der Waals surface area contributed by atoms with Crippen LogP contribution in [0.5, 0.6) is 0 Å². The summed E-state index contributed by atoms with van der Waals surface area (Å²) < 4.78 is 5.14. The number of carbonyl (C=O) groups excluding carboxylic acids is 1. The van der Waals surface area contributed by atoms with E-state index in [-0.39, 0.29) is 5.97 Å². The molecule has 25 heavy (non-hydrogen) atoms. The van der Waals surface area contributed by atoms with Crippen molar-refractivity contribution < 1.29 is 9.53 Å². The van der Waals surface area contributed by atoms with Gasteiger partial charge in [-0.2, -0.15) is 0 Å². The zero-order valence-electron chi connectivity index (χ0n) is 13.9. The number of carbonyl (C=O) groups is 1. The number of fused-ring (bicyclic) bond motifs is 2. The fourth-order valence-corrected chi connectivity index (χ4v) is 3.13. The van der Waals surface area contributed by atoms with E-state index in [1.165, 1.54) is 0 Å². The number of nitrogens with one attached hydrogen (secondary N) is 2. The largest absolute Gasteiger partial charge is 0.463 e. The molecule has 2 aromatic carbocycles. The second kappa shape index (κ2) is 6.32. The van der Waals surface area contributed by atoms with Gasteiger partial charge in [0.1, 0.15) is 0 Å². The molecule has 0 saturated heterocycles. The van der Waals surface area contributed by atoms with Crippen LogP contribution < -0.4 is 0 Å². The lowest BCUT2D eigenvalue weighted by Gasteiger charge is -2.08. The molecule has 4 aromatic rings. The van der Waals surface area contributed by atoms with E-state index in [4.69, 9.17) is 4.74 Å². The summed E-state index contributed by atoms with van der Waals surface area (Å²) in [7, 11) is 0. The van der Waals surface area contributed by atoms with Crippen LogP contribution in [0.3, 0.4) is 0 Å². The molecule has 0 amide bonds. The number of benzene rings is 2. The second-order valence-electron chi connectivity index (χ2n) is 5.84. The van der Waals surface area contributed by atoms with E-state index in [9.17, 15) is 4.79 Å². The Hall–Kier alpha value is -3.27. The average molecular weight is 330 g/mol. The normalized spacial score (nSPS) is 12.0. The number of aromatic amines is 2. The van der Waals surface area contributed by atoms with E-state index < -0.39 is 0 Å². The van der Waals surface area contributed by atoms with Gasteiger partial charge in [-0.05, 0) is 41.6 Å². The van der Waals surface area contributed by atoms with Crippen LogP contribution in [-0.4, -0.2) is 22.5 Å². The van der Waals surface area contributed by atoms with Crippen LogP contribution in [0.15, 0.2) is 67.0 Å². The Morgan fingerprint density at radius 1 is 1.08 bits per heavy atom. The van der Waals surface area contributed by atoms with Crippen LogP contribution in [0.1, 0.15) is 18.1 Å². The molecule has 4 heteroatoms. The van der Waals surface area contributed by atoms with Crippen molar-refractivity contribution in [2.45, 2.75) is 6.92 Å². The number of aromatic nitrogens is 2. The Bertz CT molecular complexity index is 1090. The highest BCUT2D eigenvalue weighted by molar-refractivity contribution is 6.04. The summed E-state index contributed by atoms with van der Waals surface area (Å²) in [6.45, 7) is 2.16. The molecule has 0 bridgehead atoms. The lowest BCUT2D eigenvalue weighted by molar-refractivity contribution is -0.137. The van der Waals surface area contributed by atoms with Gasteiger partial charge in [0.05, 0.1) is 6.61 Å². The van der Waals surface area contributed by atoms with E-state index in [1.807, 2.05) is 55.7 Å². The number of hydrogen-bond acceptors (Lipinski definition) is 2. The predicted molar refractivity (Wildman–Crippen MR) is 100 cm³/mol. The molecule has 0 radical (unpaired) electrons. The van der Waals surface area contributed by atoms with E-state index >= 15 is 0 Å². The Morgan fingerprint density at radius 3 is 2.84 bits per heavy atom. The highest BCUT2D eigenvalue weighted by atomic mass is 16.5. The van der Waals surface area contributed by atoms with Crippen LogP contribution in [0.4, 0.5) is 0 Å². The maximum absolute atomic E-state index is 12.2. The first-order valence-corrected chi connectivity index (χ1v) is 8.28. The molecule has 0 aliphatic rings. The topological polar surface area (TPSA) is 57.9 Å². The second-order valence-corrected chi connectivity index (χ2v) is 5.84. The maximum Gasteiger partial charge on any atom is 0.331 e. The Balaban J connectivity index is 1.91. The number of esters is 1. The van der Waals surface area contributed by atoms with E-state index in [1.54, 1.807) is 6.08 Å². The van der Waals surface area contributed by atoms with Crippen molar-refractivity contribution >= 4 is 33.3 Å². The first kappa shape index (κ1) is 15.3. The van der Waals surface area contributed by atoms with Gasteiger partial charge < -0.3 is 14.7 Å². The van der Waals surface area contributed by atoms with Crippen molar-refractivity contribution in [3.8, 4) is 0 Å². The molecule has 4 rings (SSSR count). The van der Waals surface area contributed by atoms with Crippen molar-refractivity contribution in [1.82, 2.24) is 9.97 Å². The third-order valence-corrected chi connectivity index (χ3v) is 4.29. The fourth-order valence-electron chi connectivity index (χ4n) is 3.13. The minimum atomic E-state index is -0.339. The first-order valence-electron chi connectivity index (χ1n) is 8.28. The highest BCUT2D eigenvalue weighted by Crippen LogP contribution is 2.31. The molecule has 0 saturated carbocycles. The highest BCUT2D eigenvalue weighted by Gasteiger charge is 2.13. The van der Waals surface area contributed by atoms with Crippen molar-refractivity contribution in [1.29, 1.82) is 0 Å². The molecule has 0 aliphatic carbocycles. The zero-order chi connectivity index (χ0) is 17.2. The third kappa shape index (κ3) is 2.83. The molecule has 2 heterocycles. The van der Waals surface area contributed by atoms with Gasteiger partial charge in [0, 0.05) is 40.5 Å². The van der Waals surface area contributed by atoms with Crippen LogP contribution in [0.25, 0.3) is 27.4 Å². The summed E-state index contributed by atoms with van der Waals surface area (Å²) in [6, 6.07) is 16.2. The quantitative estimate of drug-likeness (QED) is 0.423. The molecule has 0 unspecified atom stereocenters. The molecule has 0 aliphatic heterocycles. The van der Waals surface area contributed by atoms with Crippen LogP contribution in [0.2, 0.25) is 0 Å². The van der Waals surface area contributed by atoms with Gasteiger partial charge in [-0.25, -0.2) is 4.79 Å². The first-order chi connectivity index (χ1) is 12.3. The standard InChI is InChI=1S/C21H18N2O2/c1-2-25-21(24)12-17(15-8-7-14-9-10-22-20(14)11-15)18-13-23-19-6-4-3-5-16(18)19/h3-13,22-23H,2H2,1H3. The minimum absolute atomic E-state index is 0.339. The summed E-state index contributed by atoms with van der Waals surface area (Å²) >= 11 is 0. The molecule has 124 valence electrons. The smallest absolute Gasteiger partial charge is 0.331 e. The molecule has 4 nitrogen and oxygen atoms in total. The third-order valence-electron chi connectivity index (χ3n) is 4.29. The zero-order valence-corrected chi connectivity index (χ0v) is 13.9. The number of H-pyrrole nitrogens is 2. The molecular formula is C21H18N2O2. The summed E-state index contributed by atoms with van der Waals surface area (Å²) in [5.41, 5.74) is 4.86. The van der Waals surface area contributed by atoms with Gasteiger partial charge in [0.2, 0.25) is 0 Å². The van der Waals surface area contributed by atoms with Gasteiger partial charge in [0.25, 0.3) is 0 Å². The molecule has 2 N–H and O–H groups in total. The minimum Gasteiger partial charge on any atom is -0.463 e. The van der Waals surface area contributed by atoms with Gasteiger partial charge in [-0.1, -0.05) is 30.3 Å². The molecular weight excluding hydrogens is 312 g/mol. The van der Waals surface area contributed by atoms with Crippen molar-refractivity contribution in [3.63, 3.8) is 0 Å². The average Bonchev–Trinajstić information content (AvgIpc) is 3.26. The van der Waals surface area contributed by atoms with Gasteiger partial charge >= 0.3 is 5.97 Å². The van der Waals surface area contributed by atoms with Gasteiger partial charge in [-0.3, -0.25) is 0 Å². The van der Waals surface area contributed by atoms with Gasteiger partial charge in [0.15, 0.2) is 0 Å². The molecule has 2 aromatic heterocycles. The lowest BCUT2D eigenvalue weighted by atomic mass is 9.96. The number of hydrogen-bond donors (Lipinski definition) is 2. The SMILES string of the molecule is CCOC(=O)C=C(c1ccc2cc[nH]c2c1)c1c[nH]c2ccccc12. The molecule has 0 spiro atoms. The van der Waals surface area contributed by atoms with Crippen molar-refractivity contribution in [3.05, 3.63) is 78.1 Å². The molecule has 0 fully saturated rings. The monoisotopic (exact) mass is 330 g/mol. The van der Waals surface area contributed by atoms with Crippen LogP contribution >= 0.6 is 0 Å². The number of para-hydroxylation sites is 1. The van der Waals surface area contributed by atoms with E-state index in [2.05, 4.69) is 22.1 Å². The summed E-state index contributed by atoms with van der Waals surface area (Å²) in [6.07, 6.45) is 5.42. The Labute approximate surface area is 145 Å². The Kier molecular flexibility index (Phi) is 3.86. The predicted octanol–water partition coefficient (Wildman–Crippen LogP) is 4.64. The summed E-state index contributed by atoms with van der Waals surface area (Å²) in [4.78, 5) is 18.7. The van der Waals surface area contributed by atoms with E-state index in [0.29, 0.717) is 6.61 Å². The molecule has 0 atom stereocenters.